The number of likely N-dealkylation sites (tertiary alicyclic amines) is 1. The number of amides is 3. The number of alkyl halides is 3. The summed E-state index contributed by atoms with van der Waals surface area (Å²) < 4.78 is 38.6. The molecule has 3 aliphatic rings. The summed E-state index contributed by atoms with van der Waals surface area (Å²) >= 11 is 0. The largest absolute Gasteiger partial charge is 0.471 e. The summed E-state index contributed by atoms with van der Waals surface area (Å²) in [5.74, 6) is -2.78. The molecule has 0 radical (unpaired) electrons. The number of halogens is 3. The van der Waals surface area contributed by atoms with Crippen LogP contribution in [0, 0.1) is 0 Å². The molecule has 0 bridgehead atoms. The normalized spacial score (nSPS) is 24.8. The van der Waals surface area contributed by atoms with Crippen molar-refractivity contribution in [2.45, 2.75) is 37.5 Å². The van der Waals surface area contributed by atoms with Gasteiger partial charge >= 0.3 is 12.1 Å². The summed E-state index contributed by atoms with van der Waals surface area (Å²) in [6.07, 6.45) is -3.77. The lowest BCUT2D eigenvalue weighted by atomic mass is 9.90. The molecule has 2 fully saturated rings. The second-order valence-electron chi connectivity index (χ2n) is 7.42. The monoisotopic (exact) mass is 395 g/mol. The minimum Gasteiger partial charge on any atom is -0.332 e. The maximum Gasteiger partial charge on any atom is 0.471 e. The molecule has 6 nitrogen and oxygen atoms in total. The van der Waals surface area contributed by atoms with Crippen molar-refractivity contribution in [2.24, 2.45) is 0 Å². The molecule has 1 aromatic carbocycles. The predicted octanol–water partition coefficient (Wildman–Crippen LogP) is 1.51. The first-order valence-electron chi connectivity index (χ1n) is 9.31. The number of nitrogens with zero attached hydrogens (tertiary/aromatic N) is 3. The average Bonchev–Trinajstić information content (AvgIpc) is 3.15. The Hall–Kier alpha value is -2.58. The number of rotatable bonds is 1. The Bertz CT molecular complexity index is 826. The van der Waals surface area contributed by atoms with Crippen LogP contribution in [-0.2, 0) is 20.8 Å². The van der Waals surface area contributed by atoms with Gasteiger partial charge in [-0.05, 0) is 30.4 Å². The van der Waals surface area contributed by atoms with Crippen molar-refractivity contribution in [1.29, 1.82) is 0 Å². The van der Waals surface area contributed by atoms with Crippen molar-refractivity contribution in [3.05, 3.63) is 35.4 Å². The topological polar surface area (TPSA) is 60.9 Å². The fraction of sp³-hybridized carbons (Fsp3) is 0.526. The van der Waals surface area contributed by atoms with E-state index in [0.717, 1.165) is 17.5 Å². The number of carbonyl (C=O) groups excluding carboxylic acids is 3. The molecule has 0 spiro atoms. The molecule has 1 aromatic rings. The molecule has 0 aliphatic carbocycles. The summed E-state index contributed by atoms with van der Waals surface area (Å²) in [6, 6.07) is 6.23. The highest BCUT2D eigenvalue weighted by Gasteiger charge is 2.49. The van der Waals surface area contributed by atoms with Gasteiger partial charge < -0.3 is 14.7 Å². The molecule has 0 saturated carbocycles. The summed E-state index contributed by atoms with van der Waals surface area (Å²) in [4.78, 5) is 40.9. The molecule has 4 rings (SSSR count). The Balaban J connectivity index is 1.56. The van der Waals surface area contributed by atoms with Crippen molar-refractivity contribution >= 4 is 17.7 Å². The van der Waals surface area contributed by atoms with Crippen LogP contribution in [0.1, 0.15) is 30.0 Å². The zero-order chi connectivity index (χ0) is 20.1. The third-order valence-corrected chi connectivity index (χ3v) is 5.81. The van der Waals surface area contributed by atoms with Crippen molar-refractivity contribution in [2.75, 3.05) is 26.2 Å². The lowest BCUT2D eigenvalue weighted by Gasteiger charge is -2.45. The maximum atomic E-state index is 13.0. The third kappa shape index (κ3) is 3.12. The number of piperazine rings is 1. The van der Waals surface area contributed by atoms with Gasteiger partial charge in [0.05, 0.1) is 12.6 Å². The smallest absolute Gasteiger partial charge is 0.332 e. The van der Waals surface area contributed by atoms with Crippen LogP contribution >= 0.6 is 0 Å². The Morgan fingerprint density at radius 3 is 2.61 bits per heavy atom. The second kappa shape index (κ2) is 6.79. The first kappa shape index (κ1) is 18.8. The van der Waals surface area contributed by atoms with Crippen molar-refractivity contribution in [3.8, 4) is 0 Å². The first-order valence-corrected chi connectivity index (χ1v) is 9.31. The van der Waals surface area contributed by atoms with Crippen LogP contribution in [0.15, 0.2) is 24.3 Å². The van der Waals surface area contributed by atoms with Crippen molar-refractivity contribution < 1.29 is 27.6 Å². The lowest BCUT2D eigenvalue weighted by Crippen LogP contribution is -2.59. The van der Waals surface area contributed by atoms with Gasteiger partial charge in [-0.15, -0.1) is 0 Å². The number of fused-ring (bicyclic) bond motifs is 3. The van der Waals surface area contributed by atoms with Gasteiger partial charge in [0, 0.05) is 19.6 Å². The van der Waals surface area contributed by atoms with Gasteiger partial charge in [-0.2, -0.15) is 13.2 Å². The fourth-order valence-electron chi connectivity index (χ4n) is 4.48. The summed E-state index contributed by atoms with van der Waals surface area (Å²) in [7, 11) is 0. The Morgan fingerprint density at radius 1 is 1.11 bits per heavy atom. The van der Waals surface area contributed by atoms with Crippen LogP contribution in [0.3, 0.4) is 0 Å². The van der Waals surface area contributed by atoms with Crippen LogP contribution in [0.25, 0.3) is 0 Å². The fourth-order valence-corrected chi connectivity index (χ4v) is 4.48. The van der Waals surface area contributed by atoms with E-state index in [1.807, 2.05) is 24.3 Å². The van der Waals surface area contributed by atoms with E-state index >= 15 is 0 Å². The zero-order valence-electron chi connectivity index (χ0n) is 15.1. The van der Waals surface area contributed by atoms with E-state index in [2.05, 4.69) is 0 Å². The van der Waals surface area contributed by atoms with Gasteiger partial charge in [0.15, 0.2) is 0 Å². The molecule has 2 unspecified atom stereocenters. The van der Waals surface area contributed by atoms with Gasteiger partial charge in [-0.1, -0.05) is 24.3 Å². The predicted molar refractivity (Wildman–Crippen MR) is 92.0 cm³/mol. The van der Waals surface area contributed by atoms with E-state index in [9.17, 15) is 27.6 Å². The van der Waals surface area contributed by atoms with Crippen LogP contribution in [0.2, 0.25) is 0 Å². The summed E-state index contributed by atoms with van der Waals surface area (Å²) in [5.41, 5.74) is 2.08. The maximum absolute atomic E-state index is 13.0. The Kier molecular flexibility index (Phi) is 4.55. The molecule has 2 saturated heterocycles. The van der Waals surface area contributed by atoms with Crippen LogP contribution < -0.4 is 0 Å². The minimum atomic E-state index is -5.01. The molecule has 0 aromatic heterocycles. The van der Waals surface area contributed by atoms with E-state index in [0.29, 0.717) is 17.9 Å². The molecule has 2 atom stereocenters. The van der Waals surface area contributed by atoms with Crippen molar-refractivity contribution in [3.63, 3.8) is 0 Å². The average molecular weight is 395 g/mol. The molecule has 9 heteroatoms. The van der Waals surface area contributed by atoms with Gasteiger partial charge in [-0.3, -0.25) is 14.4 Å². The third-order valence-electron chi connectivity index (χ3n) is 5.81. The van der Waals surface area contributed by atoms with Crippen LogP contribution in [0.5, 0.6) is 0 Å². The van der Waals surface area contributed by atoms with E-state index < -0.39 is 24.0 Å². The van der Waals surface area contributed by atoms with Gasteiger partial charge in [0.25, 0.3) is 0 Å². The lowest BCUT2D eigenvalue weighted by molar-refractivity contribution is -0.187. The highest BCUT2D eigenvalue weighted by molar-refractivity contribution is 5.93. The standard InChI is InChI=1S/C19H20F3N3O3/c20-19(21,22)18(28)25-8-3-6-14(25)17(27)23-10-15-13-5-2-1-4-12(13)7-9-24(15)16(26)11-23/h1-2,4-5,14-15H,3,6-11H2. The number of hydrogen-bond acceptors (Lipinski definition) is 3. The molecule has 3 amide bonds. The number of hydrogen-bond donors (Lipinski definition) is 0. The molecule has 3 aliphatic heterocycles. The number of carbonyl (C=O) groups is 3. The first-order chi connectivity index (χ1) is 13.3. The number of benzene rings is 1. The quantitative estimate of drug-likeness (QED) is 0.724. The second-order valence-corrected chi connectivity index (χ2v) is 7.42. The van der Waals surface area contributed by atoms with E-state index in [-0.39, 0.29) is 38.0 Å². The summed E-state index contributed by atoms with van der Waals surface area (Å²) in [5, 5.41) is 0. The molecule has 3 heterocycles. The molecule has 28 heavy (non-hydrogen) atoms. The van der Waals surface area contributed by atoms with Gasteiger partial charge in [0.1, 0.15) is 6.04 Å². The molecule has 150 valence electrons. The van der Waals surface area contributed by atoms with E-state index in [4.69, 9.17) is 0 Å². The highest BCUT2D eigenvalue weighted by atomic mass is 19.4. The molecular formula is C19H20F3N3O3. The summed E-state index contributed by atoms with van der Waals surface area (Å²) in [6.45, 7) is 0.522. The van der Waals surface area contributed by atoms with Crippen molar-refractivity contribution in [1.82, 2.24) is 14.7 Å². The Morgan fingerprint density at radius 2 is 1.86 bits per heavy atom. The van der Waals surface area contributed by atoms with Crippen LogP contribution in [-0.4, -0.2) is 70.8 Å². The molecular weight excluding hydrogens is 375 g/mol. The zero-order valence-corrected chi connectivity index (χ0v) is 15.1. The highest BCUT2D eigenvalue weighted by Crippen LogP contribution is 2.34. The minimum absolute atomic E-state index is 0.102. The SMILES string of the molecule is O=C(C1CCCN1C(=O)C(F)(F)F)N1CC(=O)N2CCc3ccccc3C2C1. The molecule has 0 N–H and O–H groups in total. The van der Waals surface area contributed by atoms with E-state index in [1.165, 1.54) is 4.90 Å². The van der Waals surface area contributed by atoms with Gasteiger partial charge in [0.2, 0.25) is 11.8 Å². The van der Waals surface area contributed by atoms with E-state index in [1.54, 1.807) is 4.90 Å². The van der Waals surface area contributed by atoms with Crippen LogP contribution in [0.4, 0.5) is 13.2 Å². The Labute approximate surface area is 159 Å². The van der Waals surface area contributed by atoms with Gasteiger partial charge in [-0.25, -0.2) is 0 Å².